The van der Waals surface area contributed by atoms with Crippen LogP contribution in [0.4, 0.5) is 5.69 Å². The molecule has 0 N–H and O–H groups in total. The van der Waals surface area contributed by atoms with Crippen molar-refractivity contribution in [3.8, 4) is 0 Å². The summed E-state index contributed by atoms with van der Waals surface area (Å²) in [4.78, 5) is 14.0. The van der Waals surface area contributed by atoms with Crippen LogP contribution in [0.25, 0.3) is 23.9 Å². The van der Waals surface area contributed by atoms with Crippen molar-refractivity contribution in [1.29, 1.82) is 0 Å². The van der Waals surface area contributed by atoms with Gasteiger partial charge in [-0.15, -0.1) is 11.5 Å². The van der Waals surface area contributed by atoms with Gasteiger partial charge >= 0.3 is 0 Å². The SMILES string of the molecule is CC1CC=CC2=C=C1N(C1=C=Cc3c(oc4c3CC(N3C5=C=C(N=CC=C5)c5ccccc53)C=C4)C=C=C1)C1=C2N=CC=C=C1. The van der Waals surface area contributed by atoms with Crippen LogP contribution in [0.5, 0.6) is 0 Å². The average molecular weight is 579 g/mol. The maximum atomic E-state index is 6.38. The average Bonchev–Trinajstić information content (AvgIpc) is 3.28. The molecule has 7 aliphatic rings. The number of fused-ring (bicyclic) bond motifs is 6. The van der Waals surface area contributed by atoms with Gasteiger partial charge in [-0.25, -0.2) is 4.99 Å². The Kier molecular flexibility index (Phi) is 5.69. The maximum absolute atomic E-state index is 6.38. The van der Waals surface area contributed by atoms with Gasteiger partial charge < -0.3 is 9.32 Å². The van der Waals surface area contributed by atoms with Crippen LogP contribution in [0.1, 0.15) is 41.6 Å². The minimum absolute atomic E-state index is 0.0672. The van der Waals surface area contributed by atoms with E-state index in [0.717, 1.165) is 86.5 Å². The highest BCUT2D eigenvalue weighted by Crippen LogP contribution is 2.41. The third-order valence-corrected chi connectivity index (χ3v) is 8.91. The molecular formula is C40H26N4O. The summed E-state index contributed by atoms with van der Waals surface area (Å²) < 4.78 is 6.38. The smallest absolute Gasteiger partial charge is 0.143 e. The van der Waals surface area contributed by atoms with E-state index >= 15 is 0 Å². The number of para-hydroxylation sites is 1. The van der Waals surface area contributed by atoms with E-state index in [1.54, 1.807) is 6.21 Å². The molecule has 0 amide bonds. The van der Waals surface area contributed by atoms with Crippen molar-refractivity contribution in [2.75, 3.05) is 4.90 Å². The van der Waals surface area contributed by atoms with E-state index in [1.807, 2.05) is 36.6 Å². The first-order valence-electron chi connectivity index (χ1n) is 15.2. The van der Waals surface area contributed by atoms with Gasteiger partial charge in [0.1, 0.15) is 22.9 Å². The summed E-state index contributed by atoms with van der Waals surface area (Å²) in [6.07, 6.45) is 27.8. The molecule has 212 valence electrons. The molecule has 5 heterocycles. The van der Waals surface area contributed by atoms with Gasteiger partial charge in [0.05, 0.1) is 34.5 Å². The zero-order valence-corrected chi connectivity index (χ0v) is 24.6. The molecule has 0 spiro atoms. The molecule has 2 unspecified atom stereocenters. The van der Waals surface area contributed by atoms with E-state index in [0.29, 0.717) is 0 Å². The number of benzene rings is 1. The zero-order valence-electron chi connectivity index (χ0n) is 24.6. The molecule has 2 aromatic rings. The second kappa shape index (κ2) is 10.0. The first-order chi connectivity index (χ1) is 22.2. The van der Waals surface area contributed by atoms with Crippen LogP contribution >= 0.6 is 0 Å². The molecule has 2 atom stereocenters. The van der Waals surface area contributed by atoms with Gasteiger partial charge in [0.2, 0.25) is 0 Å². The molecule has 5 heteroatoms. The molecule has 9 rings (SSSR count). The number of anilines is 1. The molecule has 1 aromatic carbocycles. The van der Waals surface area contributed by atoms with E-state index in [-0.39, 0.29) is 12.0 Å². The quantitative estimate of drug-likeness (QED) is 0.338. The lowest BCUT2D eigenvalue weighted by Gasteiger charge is -2.36. The van der Waals surface area contributed by atoms with Crippen molar-refractivity contribution in [3.05, 3.63) is 164 Å². The summed E-state index contributed by atoms with van der Waals surface area (Å²) in [7, 11) is 0. The number of allylic oxidation sites excluding steroid dienone is 6. The fraction of sp³-hybridized carbons (Fsp3) is 0.125. The lowest BCUT2D eigenvalue weighted by molar-refractivity contribution is 0.464. The van der Waals surface area contributed by atoms with E-state index in [1.165, 1.54) is 0 Å². The second-order valence-corrected chi connectivity index (χ2v) is 11.7. The molecule has 0 radical (unpaired) electrons. The van der Waals surface area contributed by atoms with Crippen LogP contribution in [0, 0.1) is 5.92 Å². The van der Waals surface area contributed by atoms with Crippen molar-refractivity contribution >= 4 is 42.0 Å². The van der Waals surface area contributed by atoms with Crippen LogP contribution < -0.4 is 4.90 Å². The summed E-state index contributed by atoms with van der Waals surface area (Å²) in [5, 5.41) is 0. The van der Waals surface area contributed by atoms with E-state index < -0.39 is 0 Å². The van der Waals surface area contributed by atoms with Gasteiger partial charge in [-0.05, 0) is 48.9 Å². The first-order valence-corrected chi connectivity index (χ1v) is 15.2. The third-order valence-electron chi connectivity index (χ3n) is 8.91. The van der Waals surface area contributed by atoms with Crippen molar-refractivity contribution < 1.29 is 4.42 Å². The Hall–Kier alpha value is -6.00. The summed E-state index contributed by atoms with van der Waals surface area (Å²) >= 11 is 0. The molecule has 4 aliphatic heterocycles. The molecule has 0 saturated carbocycles. The lowest BCUT2D eigenvalue weighted by atomic mass is 9.92. The standard InChI is InChI=1S/C40H26N4O/c1-26-9-6-10-27-23-37(26)44(36-15-4-5-21-42-40(27)36)28-11-7-16-38-31(19-17-28)33-24-30(18-20-39(33)45-38)43-29-12-8-22-41-34(25-29)32-13-2-3-14-35(32)43/h2-3,5-6,8,10-16,18-22,26,30H,9,24H2,1H3. The molecule has 0 fully saturated rings. The largest absolute Gasteiger partial charge is 0.456 e. The monoisotopic (exact) mass is 578 g/mol. The van der Waals surface area contributed by atoms with Crippen molar-refractivity contribution in [2.24, 2.45) is 15.9 Å². The third kappa shape index (κ3) is 4.07. The van der Waals surface area contributed by atoms with Crippen LogP contribution in [0.3, 0.4) is 0 Å². The molecule has 4 bridgehead atoms. The first kappa shape index (κ1) is 25.5. The molecule has 5 nitrogen and oxygen atoms in total. The number of rotatable bonds is 2. The Morgan fingerprint density at radius 3 is 2.84 bits per heavy atom. The minimum Gasteiger partial charge on any atom is -0.456 e. The van der Waals surface area contributed by atoms with Crippen molar-refractivity contribution in [2.45, 2.75) is 25.8 Å². The Balaban J connectivity index is 1.15. The molecule has 1 aromatic heterocycles. The minimum atomic E-state index is 0.0672. The fourth-order valence-electron chi connectivity index (χ4n) is 6.79. The number of hydrogen-bond donors (Lipinski definition) is 0. The van der Waals surface area contributed by atoms with Gasteiger partial charge in [0.15, 0.2) is 0 Å². The highest BCUT2D eigenvalue weighted by Gasteiger charge is 2.32. The van der Waals surface area contributed by atoms with Crippen molar-refractivity contribution in [1.82, 2.24) is 4.90 Å². The molecular weight excluding hydrogens is 552 g/mol. The summed E-state index contributed by atoms with van der Waals surface area (Å²) in [6.45, 7) is 2.24. The fourth-order valence-corrected chi connectivity index (χ4v) is 6.79. The summed E-state index contributed by atoms with van der Waals surface area (Å²) in [5.41, 5.74) is 28.5. The lowest BCUT2D eigenvalue weighted by Crippen LogP contribution is -2.37. The van der Waals surface area contributed by atoms with E-state index in [9.17, 15) is 0 Å². The molecule has 3 aliphatic carbocycles. The zero-order chi connectivity index (χ0) is 29.9. The van der Waals surface area contributed by atoms with Crippen LogP contribution in [0.15, 0.2) is 150 Å². The van der Waals surface area contributed by atoms with Gasteiger partial charge in [0.25, 0.3) is 0 Å². The van der Waals surface area contributed by atoms with Crippen molar-refractivity contribution in [3.63, 3.8) is 0 Å². The predicted octanol–water partition coefficient (Wildman–Crippen LogP) is 8.21. The van der Waals surface area contributed by atoms with E-state index in [4.69, 9.17) is 9.41 Å². The second-order valence-electron chi connectivity index (χ2n) is 11.7. The topological polar surface area (TPSA) is 44.3 Å². The normalized spacial score (nSPS) is 22.6. The predicted molar refractivity (Wildman–Crippen MR) is 180 cm³/mol. The van der Waals surface area contributed by atoms with Gasteiger partial charge in [0, 0.05) is 65.3 Å². The molecule has 45 heavy (non-hydrogen) atoms. The van der Waals surface area contributed by atoms with Crippen LogP contribution in [-0.4, -0.2) is 23.4 Å². The number of nitrogens with zero attached hydrogens (tertiary/aromatic N) is 4. The van der Waals surface area contributed by atoms with Gasteiger partial charge in [-0.2, -0.15) is 0 Å². The number of aliphatic imine (C=N–C) groups is 2. The summed E-state index contributed by atoms with van der Waals surface area (Å²) in [5.74, 6) is 1.92. The Morgan fingerprint density at radius 2 is 1.87 bits per heavy atom. The Labute approximate surface area is 261 Å². The van der Waals surface area contributed by atoms with Crippen LogP contribution in [0.2, 0.25) is 0 Å². The molecule has 0 saturated heterocycles. The Morgan fingerprint density at radius 1 is 0.911 bits per heavy atom. The van der Waals surface area contributed by atoms with Crippen LogP contribution in [-0.2, 0) is 6.42 Å². The summed E-state index contributed by atoms with van der Waals surface area (Å²) in [6, 6.07) is 8.49. The van der Waals surface area contributed by atoms with Gasteiger partial charge in [-0.3, -0.25) is 9.89 Å². The maximum Gasteiger partial charge on any atom is 0.143 e. The number of furan rings is 1. The van der Waals surface area contributed by atoms with Gasteiger partial charge in [-0.1, -0.05) is 54.5 Å². The Bertz CT molecular complexity index is 2270. The highest BCUT2D eigenvalue weighted by atomic mass is 16.3. The van der Waals surface area contributed by atoms with E-state index in [2.05, 4.69) is 111 Å². The highest BCUT2D eigenvalue weighted by molar-refractivity contribution is 5.90. The number of hydrogen-bond acceptors (Lipinski definition) is 5.